The number of aryl methyl sites for hydroxylation is 1. The molecule has 2 aromatic rings. The number of esters is 1. The van der Waals surface area contributed by atoms with Crippen LogP contribution in [0.4, 0.5) is 5.69 Å². The molecule has 112 valence electrons. The molecule has 0 aliphatic carbocycles. The minimum absolute atomic E-state index is 0.285. The second kappa shape index (κ2) is 6.23. The lowest BCUT2D eigenvalue weighted by Gasteiger charge is -2.09. The van der Waals surface area contributed by atoms with E-state index in [2.05, 4.69) is 14.9 Å². The van der Waals surface area contributed by atoms with Crippen molar-refractivity contribution >= 4 is 35.0 Å². The van der Waals surface area contributed by atoms with Gasteiger partial charge in [-0.25, -0.2) is 9.47 Å². The van der Waals surface area contributed by atoms with Gasteiger partial charge in [0, 0.05) is 12.1 Å². The monoisotopic (exact) mass is 327 g/mol. The first-order valence-corrected chi connectivity index (χ1v) is 7.21. The summed E-state index contributed by atoms with van der Waals surface area (Å²) in [5.74, 6) is 6.02. The summed E-state index contributed by atoms with van der Waals surface area (Å²) in [5.41, 5.74) is 6.57. The molecule has 0 bridgehead atoms. The number of nitrogens with zero attached hydrogens (tertiary/aromatic N) is 3. The second-order valence-electron chi connectivity index (χ2n) is 4.09. The summed E-state index contributed by atoms with van der Waals surface area (Å²) in [6.45, 7) is 1.92. The molecule has 0 radical (unpaired) electrons. The van der Waals surface area contributed by atoms with Gasteiger partial charge in [-0.15, -0.1) is 10.2 Å². The van der Waals surface area contributed by atoms with Crippen molar-refractivity contribution in [3.8, 4) is 0 Å². The van der Waals surface area contributed by atoms with Crippen molar-refractivity contribution in [2.75, 3.05) is 18.7 Å². The summed E-state index contributed by atoms with van der Waals surface area (Å²) in [6.07, 6.45) is 0.661. The number of anilines is 1. The molecule has 0 saturated carbocycles. The number of nitrogen functional groups attached to an aromatic ring is 2. The van der Waals surface area contributed by atoms with E-state index in [-0.39, 0.29) is 5.56 Å². The van der Waals surface area contributed by atoms with Crippen molar-refractivity contribution in [1.82, 2.24) is 14.9 Å². The average molecular weight is 328 g/mol. The van der Waals surface area contributed by atoms with Gasteiger partial charge in [0.05, 0.1) is 22.6 Å². The molecule has 0 saturated heterocycles. The van der Waals surface area contributed by atoms with Crippen LogP contribution in [-0.4, -0.2) is 28.0 Å². The van der Waals surface area contributed by atoms with Crippen molar-refractivity contribution in [3.05, 3.63) is 28.5 Å². The fraction of sp³-hybridized carbons (Fsp3) is 0.250. The van der Waals surface area contributed by atoms with Gasteiger partial charge in [0.1, 0.15) is 0 Å². The lowest BCUT2D eigenvalue weighted by molar-refractivity contribution is 0.0600. The van der Waals surface area contributed by atoms with Crippen LogP contribution in [0.3, 0.4) is 0 Å². The smallest absolute Gasteiger partial charge is 0.337 e. The molecule has 0 aliphatic heterocycles. The molecule has 0 spiro atoms. The zero-order chi connectivity index (χ0) is 15.6. The number of methoxy groups -OCH3 is 1. The molecule has 0 aliphatic rings. The topological polar surface area (TPSA) is 109 Å². The third kappa shape index (κ3) is 3.06. The fourth-order valence-electron chi connectivity index (χ4n) is 1.67. The lowest BCUT2D eigenvalue weighted by atomic mass is 10.2. The van der Waals surface area contributed by atoms with Gasteiger partial charge in [-0.2, -0.15) is 0 Å². The quantitative estimate of drug-likeness (QED) is 0.500. The van der Waals surface area contributed by atoms with Crippen molar-refractivity contribution in [3.63, 3.8) is 0 Å². The second-order valence-corrected chi connectivity index (χ2v) is 5.48. The lowest BCUT2D eigenvalue weighted by Crippen LogP contribution is -2.13. The van der Waals surface area contributed by atoms with E-state index < -0.39 is 5.97 Å². The molecule has 1 aromatic carbocycles. The van der Waals surface area contributed by atoms with Crippen molar-refractivity contribution in [2.45, 2.75) is 23.4 Å². The third-order valence-corrected chi connectivity index (χ3v) is 4.27. The highest BCUT2D eigenvalue weighted by Gasteiger charge is 2.17. The average Bonchev–Trinajstić information content (AvgIpc) is 2.82. The number of carbonyl (C=O) groups excluding carboxylic acids is 1. The van der Waals surface area contributed by atoms with Gasteiger partial charge in [0.15, 0.2) is 5.82 Å². The summed E-state index contributed by atoms with van der Waals surface area (Å²) in [5, 5.41) is 8.73. The highest BCUT2D eigenvalue weighted by atomic mass is 35.5. The van der Waals surface area contributed by atoms with E-state index >= 15 is 0 Å². The number of ether oxygens (including phenoxy) is 1. The Kier molecular flexibility index (Phi) is 4.59. The zero-order valence-corrected chi connectivity index (χ0v) is 13.0. The number of benzene rings is 1. The first-order valence-electron chi connectivity index (χ1n) is 6.02. The summed E-state index contributed by atoms with van der Waals surface area (Å²) < 4.78 is 6.02. The van der Waals surface area contributed by atoms with Gasteiger partial charge in [0.25, 0.3) is 0 Å². The number of nitrogens with two attached hydrogens (primary N) is 2. The Bertz CT molecular complexity index is 665. The van der Waals surface area contributed by atoms with E-state index in [1.807, 2.05) is 6.92 Å². The largest absolute Gasteiger partial charge is 0.465 e. The molecule has 0 atom stereocenters. The molecule has 0 fully saturated rings. The van der Waals surface area contributed by atoms with Gasteiger partial charge in [-0.1, -0.05) is 18.5 Å². The van der Waals surface area contributed by atoms with Gasteiger partial charge >= 0.3 is 5.97 Å². The van der Waals surface area contributed by atoms with Crippen LogP contribution in [0.2, 0.25) is 5.02 Å². The SMILES string of the molecule is CCc1nnc(Sc2c(N)cc(C(=O)OC)cc2Cl)n1N. The molecule has 7 nitrogen and oxygen atoms in total. The van der Waals surface area contributed by atoms with E-state index in [1.54, 1.807) is 0 Å². The Morgan fingerprint density at radius 1 is 1.48 bits per heavy atom. The van der Waals surface area contributed by atoms with Crippen LogP contribution in [0.15, 0.2) is 22.2 Å². The molecule has 1 heterocycles. The van der Waals surface area contributed by atoms with E-state index in [1.165, 1.54) is 35.7 Å². The van der Waals surface area contributed by atoms with Gasteiger partial charge < -0.3 is 16.3 Å². The van der Waals surface area contributed by atoms with Gasteiger partial charge in [-0.05, 0) is 23.9 Å². The Balaban J connectivity index is 2.36. The van der Waals surface area contributed by atoms with Crippen LogP contribution >= 0.6 is 23.4 Å². The molecular formula is C12H14ClN5O2S. The molecule has 0 unspecified atom stereocenters. The van der Waals surface area contributed by atoms with Crippen LogP contribution < -0.4 is 11.6 Å². The first-order chi connectivity index (χ1) is 9.97. The van der Waals surface area contributed by atoms with Crippen molar-refractivity contribution in [1.29, 1.82) is 0 Å². The molecular weight excluding hydrogens is 314 g/mol. The van der Waals surface area contributed by atoms with Crippen molar-refractivity contribution in [2.24, 2.45) is 0 Å². The maximum atomic E-state index is 11.5. The molecule has 21 heavy (non-hydrogen) atoms. The summed E-state index contributed by atoms with van der Waals surface area (Å²) >= 11 is 7.36. The van der Waals surface area contributed by atoms with E-state index in [4.69, 9.17) is 23.2 Å². The number of halogens is 1. The van der Waals surface area contributed by atoms with Crippen LogP contribution in [-0.2, 0) is 11.2 Å². The summed E-state index contributed by atoms with van der Waals surface area (Å²) in [6, 6.07) is 2.99. The highest BCUT2D eigenvalue weighted by Crippen LogP contribution is 2.37. The predicted molar refractivity (Wildman–Crippen MR) is 80.9 cm³/mol. The van der Waals surface area contributed by atoms with Crippen LogP contribution in [0.1, 0.15) is 23.1 Å². The maximum absolute atomic E-state index is 11.5. The summed E-state index contributed by atoms with van der Waals surface area (Å²) in [7, 11) is 1.29. The van der Waals surface area contributed by atoms with Crippen molar-refractivity contribution < 1.29 is 9.53 Å². The third-order valence-electron chi connectivity index (χ3n) is 2.74. The van der Waals surface area contributed by atoms with E-state index in [9.17, 15) is 4.79 Å². The number of hydrogen-bond donors (Lipinski definition) is 2. The van der Waals surface area contributed by atoms with Gasteiger partial charge in [-0.3, -0.25) is 0 Å². The highest BCUT2D eigenvalue weighted by molar-refractivity contribution is 7.99. The number of hydrogen-bond acceptors (Lipinski definition) is 7. The molecule has 9 heteroatoms. The Hall–Kier alpha value is -1.93. The zero-order valence-electron chi connectivity index (χ0n) is 11.5. The maximum Gasteiger partial charge on any atom is 0.337 e. The fourth-order valence-corrected chi connectivity index (χ4v) is 2.81. The Morgan fingerprint density at radius 2 is 2.19 bits per heavy atom. The van der Waals surface area contributed by atoms with Crippen LogP contribution in [0.5, 0.6) is 0 Å². The summed E-state index contributed by atoms with van der Waals surface area (Å²) in [4.78, 5) is 12.1. The van der Waals surface area contributed by atoms with E-state index in [0.29, 0.717) is 33.0 Å². The molecule has 4 N–H and O–H groups in total. The van der Waals surface area contributed by atoms with Crippen LogP contribution in [0, 0.1) is 0 Å². The molecule has 1 aromatic heterocycles. The normalized spacial score (nSPS) is 10.6. The van der Waals surface area contributed by atoms with E-state index in [0.717, 1.165) is 0 Å². The van der Waals surface area contributed by atoms with Gasteiger partial charge in [0.2, 0.25) is 5.16 Å². The molecule has 2 rings (SSSR count). The first kappa shape index (κ1) is 15.5. The Labute approximate surface area is 130 Å². The predicted octanol–water partition coefficient (Wildman–Crippen LogP) is 1.73. The number of aromatic nitrogens is 3. The number of carbonyl (C=O) groups is 1. The minimum Gasteiger partial charge on any atom is -0.465 e. The minimum atomic E-state index is -0.504. The Morgan fingerprint density at radius 3 is 2.71 bits per heavy atom. The standard InChI is InChI=1S/C12H14ClN5O2S/c1-3-9-16-17-12(18(9)15)21-10-7(13)4-6(5-8(10)14)11(19)20-2/h4-5H,3,14-15H2,1-2H3. The van der Waals surface area contributed by atoms with Crippen LogP contribution in [0.25, 0.3) is 0 Å². The molecule has 0 amide bonds. The number of rotatable bonds is 4.